The molecule has 0 saturated heterocycles. The lowest BCUT2D eigenvalue weighted by Gasteiger charge is -2.21. The Kier molecular flexibility index (Phi) is 5.58. The van der Waals surface area contributed by atoms with E-state index in [1.807, 2.05) is 37.3 Å². The van der Waals surface area contributed by atoms with Gasteiger partial charge in [0.05, 0.1) is 6.04 Å². The number of rotatable bonds is 7. The summed E-state index contributed by atoms with van der Waals surface area (Å²) in [6, 6.07) is 11.9. The summed E-state index contributed by atoms with van der Waals surface area (Å²) in [5.74, 6) is 1.42. The summed E-state index contributed by atoms with van der Waals surface area (Å²) < 4.78 is 5.87. The number of nitrogen functional groups attached to an aromatic ring is 1. The van der Waals surface area contributed by atoms with Gasteiger partial charge in [-0.1, -0.05) is 25.1 Å². The highest BCUT2D eigenvalue weighted by molar-refractivity contribution is 5.43. The van der Waals surface area contributed by atoms with Gasteiger partial charge >= 0.3 is 0 Å². The highest BCUT2D eigenvalue weighted by Gasteiger charge is 2.15. The average molecular weight is 285 g/mol. The topological polar surface area (TPSA) is 60.2 Å². The Hall–Kier alpha value is -2.07. The Morgan fingerprint density at radius 2 is 2.05 bits per heavy atom. The fourth-order valence-electron chi connectivity index (χ4n) is 2.15. The minimum atomic E-state index is 0.0394. The van der Waals surface area contributed by atoms with Crippen LogP contribution < -0.4 is 15.8 Å². The maximum Gasteiger partial charge on any atom is 0.128 e. The summed E-state index contributed by atoms with van der Waals surface area (Å²) in [5, 5.41) is 3.48. The second kappa shape index (κ2) is 7.64. The van der Waals surface area contributed by atoms with Crippen molar-refractivity contribution in [3.05, 3.63) is 53.7 Å². The van der Waals surface area contributed by atoms with Gasteiger partial charge in [0, 0.05) is 11.8 Å². The number of ether oxygens (including phenoxy) is 1. The zero-order valence-electron chi connectivity index (χ0n) is 12.7. The molecule has 0 aliphatic heterocycles. The van der Waals surface area contributed by atoms with Crippen LogP contribution in [-0.2, 0) is 0 Å². The molecule has 1 unspecified atom stereocenters. The molecular formula is C17H23N3O. The molecule has 0 fully saturated rings. The van der Waals surface area contributed by atoms with Crippen molar-refractivity contribution in [3.8, 4) is 5.75 Å². The first-order chi connectivity index (χ1) is 10.2. The van der Waals surface area contributed by atoms with E-state index in [4.69, 9.17) is 10.5 Å². The number of hydrogen-bond acceptors (Lipinski definition) is 4. The average Bonchev–Trinajstić information content (AvgIpc) is 2.51. The smallest absolute Gasteiger partial charge is 0.128 e. The number of benzene rings is 1. The quantitative estimate of drug-likeness (QED) is 0.820. The number of nitrogens with one attached hydrogen (secondary N) is 1. The summed E-state index contributed by atoms with van der Waals surface area (Å²) >= 11 is 0. The van der Waals surface area contributed by atoms with E-state index >= 15 is 0 Å². The molecule has 4 nitrogen and oxygen atoms in total. The lowest BCUT2D eigenvalue weighted by molar-refractivity contribution is 0.266. The van der Waals surface area contributed by atoms with E-state index in [0.717, 1.165) is 29.8 Å². The summed E-state index contributed by atoms with van der Waals surface area (Å²) in [6.07, 6.45) is 2.84. The third-order valence-corrected chi connectivity index (χ3v) is 3.26. The van der Waals surface area contributed by atoms with E-state index in [1.165, 1.54) is 0 Å². The second-order valence-electron chi connectivity index (χ2n) is 5.12. The molecule has 0 aliphatic carbocycles. The maximum absolute atomic E-state index is 6.02. The fourth-order valence-corrected chi connectivity index (χ4v) is 2.15. The first-order valence-electron chi connectivity index (χ1n) is 7.34. The molecule has 0 amide bonds. The molecular weight excluding hydrogens is 262 g/mol. The van der Waals surface area contributed by atoms with Crippen molar-refractivity contribution in [2.24, 2.45) is 0 Å². The molecule has 1 heterocycles. The van der Waals surface area contributed by atoms with Gasteiger partial charge in [0.1, 0.15) is 18.2 Å². The van der Waals surface area contributed by atoms with Gasteiger partial charge in [0.2, 0.25) is 0 Å². The van der Waals surface area contributed by atoms with Crippen LogP contribution in [0.15, 0.2) is 42.6 Å². The minimum absolute atomic E-state index is 0.0394. The van der Waals surface area contributed by atoms with E-state index in [9.17, 15) is 0 Å². The zero-order chi connectivity index (χ0) is 15.1. The number of para-hydroxylation sites is 1. The normalized spacial score (nSPS) is 12.1. The molecule has 0 radical (unpaired) electrons. The third kappa shape index (κ3) is 4.46. The summed E-state index contributed by atoms with van der Waals surface area (Å²) in [7, 11) is 0. The molecule has 0 saturated carbocycles. The van der Waals surface area contributed by atoms with E-state index in [-0.39, 0.29) is 6.04 Å². The van der Waals surface area contributed by atoms with Gasteiger partial charge in [-0.3, -0.25) is 0 Å². The summed E-state index contributed by atoms with van der Waals surface area (Å²) in [6.45, 7) is 5.60. The molecule has 0 bridgehead atoms. The predicted octanol–water partition coefficient (Wildman–Crippen LogP) is 3.09. The van der Waals surface area contributed by atoms with Crippen LogP contribution in [-0.4, -0.2) is 18.1 Å². The molecule has 2 aromatic rings. The molecule has 4 heteroatoms. The molecule has 0 aliphatic rings. The number of anilines is 1. The number of aryl methyl sites for hydroxylation is 1. The Morgan fingerprint density at radius 3 is 2.76 bits per heavy atom. The fraction of sp³-hybridized carbons (Fsp3) is 0.353. The Morgan fingerprint density at radius 1 is 1.29 bits per heavy atom. The SMILES string of the molecule is CCCNC(COc1ccccc1)c1cc(C)cnc1N. The van der Waals surface area contributed by atoms with Crippen LogP contribution in [0.3, 0.4) is 0 Å². The molecule has 0 spiro atoms. The molecule has 112 valence electrons. The summed E-state index contributed by atoms with van der Waals surface area (Å²) in [5.41, 5.74) is 8.12. The van der Waals surface area contributed by atoms with E-state index in [1.54, 1.807) is 6.20 Å². The van der Waals surface area contributed by atoms with Crippen LogP contribution in [0, 0.1) is 6.92 Å². The lowest BCUT2D eigenvalue weighted by Crippen LogP contribution is -2.28. The number of nitrogens with two attached hydrogens (primary N) is 1. The Balaban J connectivity index is 2.12. The number of aromatic nitrogens is 1. The lowest BCUT2D eigenvalue weighted by atomic mass is 10.1. The first kappa shape index (κ1) is 15.3. The van der Waals surface area contributed by atoms with Gasteiger partial charge < -0.3 is 15.8 Å². The van der Waals surface area contributed by atoms with Gasteiger partial charge in [0.15, 0.2) is 0 Å². The molecule has 1 aromatic heterocycles. The van der Waals surface area contributed by atoms with Gasteiger partial charge in [-0.2, -0.15) is 0 Å². The van der Waals surface area contributed by atoms with Gasteiger partial charge in [-0.25, -0.2) is 4.98 Å². The van der Waals surface area contributed by atoms with Crippen LogP contribution in [0.5, 0.6) is 5.75 Å². The predicted molar refractivity (Wildman–Crippen MR) is 86.4 cm³/mol. The van der Waals surface area contributed by atoms with Crippen molar-refractivity contribution >= 4 is 5.82 Å². The Labute approximate surface area is 126 Å². The molecule has 3 N–H and O–H groups in total. The van der Waals surface area contributed by atoms with Crippen LogP contribution in [0.25, 0.3) is 0 Å². The van der Waals surface area contributed by atoms with Crippen molar-refractivity contribution in [1.82, 2.24) is 10.3 Å². The number of nitrogens with zero attached hydrogens (tertiary/aromatic N) is 1. The largest absolute Gasteiger partial charge is 0.492 e. The van der Waals surface area contributed by atoms with Crippen LogP contribution in [0.4, 0.5) is 5.82 Å². The molecule has 1 atom stereocenters. The van der Waals surface area contributed by atoms with Crippen molar-refractivity contribution in [3.63, 3.8) is 0 Å². The molecule has 2 rings (SSSR count). The van der Waals surface area contributed by atoms with Gasteiger partial charge in [-0.15, -0.1) is 0 Å². The monoisotopic (exact) mass is 285 g/mol. The third-order valence-electron chi connectivity index (χ3n) is 3.26. The number of pyridine rings is 1. The highest BCUT2D eigenvalue weighted by Crippen LogP contribution is 2.21. The van der Waals surface area contributed by atoms with Gasteiger partial charge in [-0.05, 0) is 43.7 Å². The van der Waals surface area contributed by atoms with Crippen LogP contribution in [0.1, 0.15) is 30.5 Å². The van der Waals surface area contributed by atoms with Gasteiger partial charge in [0.25, 0.3) is 0 Å². The Bertz CT molecular complexity index is 557. The molecule has 21 heavy (non-hydrogen) atoms. The van der Waals surface area contributed by atoms with E-state index in [2.05, 4.69) is 23.3 Å². The zero-order valence-corrected chi connectivity index (χ0v) is 12.7. The van der Waals surface area contributed by atoms with Crippen LogP contribution >= 0.6 is 0 Å². The van der Waals surface area contributed by atoms with Crippen LogP contribution in [0.2, 0.25) is 0 Å². The molecule has 1 aromatic carbocycles. The highest BCUT2D eigenvalue weighted by atomic mass is 16.5. The first-order valence-corrected chi connectivity index (χ1v) is 7.34. The maximum atomic E-state index is 6.02. The van der Waals surface area contributed by atoms with E-state index < -0.39 is 0 Å². The minimum Gasteiger partial charge on any atom is -0.492 e. The number of hydrogen-bond donors (Lipinski definition) is 2. The second-order valence-corrected chi connectivity index (χ2v) is 5.12. The standard InChI is InChI=1S/C17H23N3O/c1-3-9-19-16(12-21-14-7-5-4-6-8-14)15-10-13(2)11-20-17(15)18/h4-8,10-11,16,19H,3,9,12H2,1-2H3,(H2,18,20). The summed E-state index contributed by atoms with van der Waals surface area (Å²) in [4.78, 5) is 4.24. The van der Waals surface area contributed by atoms with Crippen molar-refractivity contribution in [1.29, 1.82) is 0 Å². The van der Waals surface area contributed by atoms with Crippen molar-refractivity contribution < 1.29 is 4.74 Å². The van der Waals surface area contributed by atoms with Crippen molar-refractivity contribution in [2.75, 3.05) is 18.9 Å². The van der Waals surface area contributed by atoms with E-state index in [0.29, 0.717) is 12.4 Å². The van der Waals surface area contributed by atoms with Crippen molar-refractivity contribution in [2.45, 2.75) is 26.3 Å².